The standard InChI is InChI=1S/C11H14ClN3O3/c1-11(2,4-3-9(16)17)15-10(18)7-5-14-8(12)6-13-7/h5-6H,3-4H2,1-2H3,(H,15,18)(H,16,17). The minimum atomic E-state index is -0.899. The molecule has 0 saturated carbocycles. The minimum Gasteiger partial charge on any atom is -0.481 e. The highest BCUT2D eigenvalue weighted by atomic mass is 35.5. The van der Waals surface area contributed by atoms with Crippen molar-refractivity contribution >= 4 is 23.5 Å². The molecular formula is C11H14ClN3O3. The highest BCUT2D eigenvalue weighted by Gasteiger charge is 2.22. The largest absolute Gasteiger partial charge is 0.481 e. The first kappa shape index (κ1) is 14.4. The third-order valence-electron chi connectivity index (χ3n) is 2.27. The van der Waals surface area contributed by atoms with Crippen LogP contribution in [-0.4, -0.2) is 32.5 Å². The SMILES string of the molecule is CC(C)(CCC(=O)O)NC(=O)c1cnc(Cl)cn1. The first-order chi connectivity index (χ1) is 8.30. The van der Waals surface area contributed by atoms with Gasteiger partial charge in [0.25, 0.3) is 5.91 Å². The summed E-state index contributed by atoms with van der Waals surface area (Å²) in [5.41, 5.74) is -0.487. The molecule has 0 radical (unpaired) electrons. The van der Waals surface area contributed by atoms with Crippen LogP contribution in [0, 0.1) is 0 Å². The molecule has 7 heteroatoms. The van der Waals surface area contributed by atoms with E-state index < -0.39 is 17.4 Å². The van der Waals surface area contributed by atoms with Gasteiger partial charge in [-0.1, -0.05) is 11.6 Å². The van der Waals surface area contributed by atoms with Gasteiger partial charge in [-0.3, -0.25) is 9.59 Å². The molecule has 2 N–H and O–H groups in total. The predicted octanol–water partition coefficient (Wildman–Crippen LogP) is 1.50. The van der Waals surface area contributed by atoms with Gasteiger partial charge in [0.15, 0.2) is 0 Å². The second-order valence-corrected chi connectivity index (χ2v) is 4.84. The van der Waals surface area contributed by atoms with Crippen LogP contribution in [0.15, 0.2) is 12.4 Å². The second kappa shape index (κ2) is 5.77. The smallest absolute Gasteiger partial charge is 0.303 e. The van der Waals surface area contributed by atoms with Crippen LogP contribution >= 0.6 is 11.6 Å². The van der Waals surface area contributed by atoms with Crippen LogP contribution in [0.3, 0.4) is 0 Å². The lowest BCUT2D eigenvalue weighted by Gasteiger charge is -2.25. The van der Waals surface area contributed by atoms with Crippen LogP contribution in [0.2, 0.25) is 5.15 Å². The molecule has 1 rings (SSSR count). The molecule has 98 valence electrons. The number of nitrogens with zero attached hydrogens (tertiary/aromatic N) is 2. The number of hydrogen-bond acceptors (Lipinski definition) is 4. The molecule has 0 aliphatic rings. The Hall–Kier alpha value is -1.69. The van der Waals surface area contributed by atoms with E-state index in [4.69, 9.17) is 16.7 Å². The van der Waals surface area contributed by atoms with Gasteiger partial charge in [0.05, 0.1) is 12.4 Å². The number of amides is 1. The number of nitrogens with one attached hydrogen (secondary N) is 1. The number of rotatable bonds is 5. The van der Waals surface area contributed by atoms with Gasteiger partial charge in [-0.2, -0.15) is 0 Å². The summed E-state index contributed by atoms with van der Waals surface area (Å²) in [5.74, 6) is -1.31. The van der Waals surface area contributed by atoms with Crippen molar-refractivity contribution in [1.29, 1.82) is 0 Å². The summed E-state index contributed by atoms with van der Waals surface area (Å²) in [7, 11) is 0. The van der Waals surface area contributed by atoms with Crippen LogP contribution in [0.4, 0.5) is 0 Å². The number of carboxylic acids is 1. The van der Waals surface area contributed by atoms with E-state index in [9.17, 15) is 9.59 Å². The van der Waals surface area contributed by atoms with Crippen LogP contribution in [-0.2, 0) is 4.79 Å². The Morgan fingerprint density at radius 3 is 2.56 bits per heavy atom. The summed E-state index contributed by atoms with van der Waals surface area (Å²) < 4.78 is 0. The van der Waals surface area contributed by atoms with Crippen molar-refractivity contribution in [3.63, 3.8) is 0 Å². The normalized spacial score (nSPS) is 11.1. The molecule has 0 spiro atoms. The molecule has 0 unspecified atom stereocenters. The summed E-state index contributed by atoms with van der Waals surface area (Å²) in [6, 6.07) is 0. The fraction of sp³-hybridized carbons (Fsp3) is 0.455. The van der Waals surface area contributed by atoms with Crippen molar-refractivity contribution in [2.45, 2.75) is 32.2 Å². The van der Waals surface area contributed by atoms with E-state index in [2.05, 4.69) is 15.3 Å². The van der Waals surface area contributed by atoms with Gasteiger partial charge in [0.1, 0.15) is 10.8 Å². The average Bonchev–Trinajstić information content (AvgIpc) is 2.27. The van der Waals surface area contributed by atoms with E-state index in [1.165, 1.54) is 12.4 Å². The maximum Gasteiger partial charge on any atom is 0.303 e. The first-order valence-corrected chi connectivity index (χ1v) is 5.70. The Labute approximate surface area is 109 Å². The second-order valence-electron chi connectivity index (χ2n) is 4.46. The molecule has 1 aromatic heterocycles. The lowest BCUT2D eigenvalue weighted by Crippen LogP contribution is -2.44. The van der Waals surface area contributed by atoms with Crippen LogP contribution < -0.4 is 5.32 Å². The molecule has 0 aliphatic carbocycles. The van der Waals surface area contributed by atoms with E-state index >= 15 is 0 Å². The molecular weight excluding hydrogens is 258 g/mol. The van der Waals surface area contributed by atoms with Crippen molar-refractivity contribution in [2.24, 2.45) is 0 Å². The zero-order valence-electron chi connectivity index (χ0n) is 10.1. The summed E-state index contributed by atoms with van der Waals surface area (Å²) in [6.45, 7) is 3.49. The Morgan fingerprint density at radius 2 is 2.06 bits per heavy atom. The fourth-order valence-corrected chi connectivity index (χ4v) is 1.38. The number of hydrogen-bond donors (Lipinski definition) is 2. The maximum absolute atomic E-state index is 11.8. The number of carbonyl (C=O) groups is 2. The molecule has 1 aromatic rings. The molecule has 0 aliphatic heterocycles. The summed E-state index contributed by atoms with van der Waals surface area (Å²) >= 11 is 5.56. The zero-order chi connectivity index (χ0) is 13.8. The Bertz CT molecular complexity index is 445. The lowest BCUT2D eigenvalue weighted by molar-refractivity contribution is -0.137. The maximum atomic E-state index is 11.8. The van der Waals surface area contributed by atoms with Gasteiger partial charge >= 0.3 is 5.97 Å². The molecule has 0 atom stereocenters. The number of aromatic nitrogens is 2. The summed E-state index contributed by atoms with van der Waals surface area (Å²) in [5, 5.41) is 11.5. The number of aliphatic carboxylic acids is 1. The van der Waals surface area contributed by atoms with Gasteiger partial charge in [-0.15, -0.1) is 0 Å². The van der Waals surface area contributed by atoms with E-state index in [0.717, 1.165) is 0 Å². The molecule has 0 aromatic carbocycles. The van der Waals surface area contributed by atoms with Gasteiger partial charge in [0, 0.05) is 12.0 Å². The Morgan fingerprint density at radius 1 is 1.39 bits per heavy atom. The predicted molar refractivity (Wildman–Crippen MR) is 65.5 cm³/mol. The molecule has 6 nitrogen and oxygen atoms in total. The van der Waals surface area contributed by atoms with Crippen molar-refractivity contribution < 1.29 is 14.7 Å². The topological polar surface area (TPSA) is 92.2 Å². The van der Waals surface area contributed by atoms with Gasteiger partial charge in [0.2, 0.25) is 0 Å². The molecule has 0 bridgehead atoms. The van der Waals surface area contributed by atoms with E-state index in [1.807, 2.05) is 0 Å². The van der Waals surface area contributed by atoms with Crippen LogP contribution in [0.25, 0.3) is 0 Å². The van der Waals surface area contributed by atoms with Gasteiger partial charge in [-0.05, 0) is 20.3 Å². The third-order valence-corrected chi connectivity index (χ3v) is 2.46. The number of halogens is 1. The summed E-state index contributed by atoms with van der Waals surface area (Å²) in [6.07, 6.45) is 2.86. The average molecular weight is 272 g/mol. The third kappa shape index (κ3) is 4.67. The fourth-order valence-electron chi connectivity index (χ4n) is 1.28. The first-order valence-electron chi connectivity index (χ1n) is 5.32. The number of carboxylic acid groups (broad SMARTS) is 1. The van der Waals surface area contributed by atoms with Crippen molar-refractivity contribution in [3.05, 3.63) is 23.2 Å². The van der Waals surface area contributed by atoms with E-state index in [1.54, 1.807) is 13.8 Å². The Balaban J connectivity index is 2.63. The molecule has 1 heterocycles. The van der Waals surface area contributed by atoms with Gasteiger partial charge in [-0.25, -0.2) is 9.97 Å². The quantitative estimate of drug-likeness (QED) is 0.847. The highest BCUT2D eigenvalue weighted by molar-refractivity contribution is 6.29. The molecule has 18 heavy (non-hydrogen) atoms. The lowest BCUT2D eigenvalue weighted by atomic mass is 9.98. The highest BCUT2D eigenvalue weighted by Crippen LogP contribution is 2.12. The minimum absolute atomic E-state index is 0.0143. The summed E-state index contributed by atoms with van der Waals surface area (Å²) in [4.78, 5) is 29.9. The monoisotopic (exact) mass is 271 g/mol. The number of carbonyl (C=O) groups excluding carboxylic acids is 1. The van der Waals surface area contributed by atoms with Gasteiger partial charge < -0.3 is 10.4 Å². The van der Waals surface area contributed by atoms with E-state index in [-0.39, 0.29) is 17.3 Å². The van der Waals surface area contributed by atoms with Crippen LogP contribution in [0.1, 0.15) is 37.2 Å². The zero-order valence-corrected chi connectivity index (χ0v) is 10.9. The molecule has 0 saturated heterocycles. The molecule has 1 amide bonds. The molecule has 0 fully saturated rings. The van der Waals surface area contributed by atoms with Crippen LogP contribution in [0.5, 0.6) is 0 Å². The van der Waals surface area contributed by atoms with E-state index in [0.29, 0.717) is 6.42 Å². The van der Waals surface area contributed by atoms with Crippen molar-refractivity contribution in [1.82, 2.24) is 15.3 Å². The Kier molecular flexibility index (Phi) is 4.61. The van der Waals surface area contributed by atoms with Crippen molar-refractivity contribution in [2.75, 3.05) is 0 Å². The van der Waals surface area contributed by atoms with Crippen molar-refractivity contribution in [3.8, 4) is 0 Å².